The van der Waals surface area contributed by atoms with Gasteiger partial charge in [0.25, 0.3) is 5.91 Å². The Labute approximate surface area is 166 Å². The average Bonchev–Trinajstić information content (AvgIpc) is 2.66. The van der Waals surface area contributed by atoms with Crippen LogP contribution in [-0.4, -0.2) is 33.9 Å². The van der Waals surface area contributed by atoms with Crippen LogP contribution >= 0.6 is 0 Å². The number of hydrogen-bond acceptors (Lipinski definition) is 5. The van der Waals surface area contributed by atoms with Crippen LogP contribution in [-0.2, 0) is 17.8 Å². The van der Waals surface area contributed by atoms with Gasteiger partial charge in [-0.15, -0.1) is 0 Å². The second kappa shape index (κ2) is 9.49. The van der Waals surface area contributed by atoms with Crippen molar-refractivity contribution >= 4 is 11.7 Å². The van der Waals surface area contributed by atoms with Crippen LogP contribution in [0.5, 0.6) is 5.88 Å². The van der Waals surface area contributed by atoms with E-state index in [1.54, 1.807) is 19.9 Å². The summed E-state index contributed by atoms with van der Waals surface area (Å²) >= 11 is 0. The van der Waals surface area contributed by atoms with E-state index in [9.17, 15) is 22.8 Å². The molecule has 6 nitrogen and oxygen atoms in total. The first-order valence-corrected chi connectivity index (χ1v) is 9.00. The number of nitrogens with one attached hydrogen (secondary N) is 1. The Kier molecular flexibility index (Phi) is 7.30. The minimum Gasteiger partial charge on any atom is -0.465 e. The van der Waals surface area contributed by atoms with Gasteiger partial charge in [0.05, 0.1) is 0 Å². The van der Waals surface area contributed by atoms with Gasteiger partial charge in [-0.1, -0.05) is 19.9 Å². The Balaban J connectivity index is 1.93. The van der Waals surface area contributed by atoms with Crippen LogP contribution in [0, 0.1) is 5.92 Å². The van der Waals surface area contributed by atoms with Gasteiger partial charge in [-0.2, -0.15) is 13.2 Å². The normalized spacial score (nSPS) is 12.5. The van der Waals surface area contributed by atoms with E-state index in [4.69, 9.17) is 4.74 Å². The first-order valence-electron chi connectivity index (χ1n) is 9.00. The van der Waals surface area contributed by atoms with Crippen molar-refractivity contribution in [3.8, 4) is 5.88 Å². The summed E-state index contributed by atoms with van der Waals surface area (Å²) in [4.78, 5) is 32.1. The predicted molar refractivity (Wildman–Crippen MR) is 99.3 cm³/mol. The van der Waals surface area contributed by atoms with Crippen LogP contribution in [0.3, 0.4) is 0 Å². The number of amides is 1. The van der Waals surface area contributed by atoms with Crippen LogP contribution in [0.1, 0.15) is 42.4 Å². The molecule has 1 amide bonds. The molecular formula is C20H22F3N3O3. The van der Waals surface area contributed by atoms with Crippen molar-refractivity contribution in [2.45, 2.75) is 46.0 Å². The quantitative estimate of drug-likeness (QED) is 0.722. The zero-order chi connectivity index (χ0) is 21.6. The van der Waals surface area contributed by atoms with Crippen LogP contribution in [0.2, 0.25) is 0 Å². The zero-order valence-electron chi connectivity index (χ0n) is 16.3. The molecule has 0 aliphatic heterocycles. The number of ketones is 1. The van der Waals surface area contributed by atoms with Crippen molar-refractivity contribution in [1.29, 1.82) is 0 Å². The Morgan fingerprint density at radius 1 is 1.14 bits per heavy atom. The number of alkyl halides is 3. The highest BCUT2D eigenvalue weighted by Crippen LogP contribution is 2.23. The molecule has 0 radical (unpaired) electrons. The molecule has 0 fully saturated rings. The molecule has 0 aliphatic rings. The van der Waals surface area contributed by atoms with Gasteiger partial charge in [-0.3, -0.25) is 14.6 Å². The fourth-order valence-corrected chi connectivity index (χ4v) is 2.22. The molecule has 0 spiro atoms. The summed E-state index contributed by atoms with van der Waals surface area (Å²) in [7, 11) is 0. The van der Waals surface area contributed by atoms with Crippen molar-refractivity contribution in [3.63, 3.8) is 0 Å². The van der Waals surface area contributed by atoms with Crippen molar-refractivity contribution in [2.75, 3.05) is 0 Å². The molecule has 2 heterocycles. The summed E-state index contributed by atoms with van der Waals surface area (Å²) in [5, 5.41) is 2.69. The van der Waals surface area contributed by atoms with Crippen LogP contribution in [0.15, 0.2) is 36.7 Å². The van der Waals surface area contributed by atoms with Gasteiger partial charge >= 0.3 is 6.18 Å². The Bertz CT molecular complexity index is 852. The first-order chi connectivity index (χ1) is 13.6. The lowest BCUT2D eigenvalue weighted by Crippen LogP contribution is -2.31. The highest BCUT2D eigenvalue weighted by atomic mass is 19.4. The maximum atomic E-state index is 12.5. The highest BCUT2D eigenvalue weighted by Gasteiger charge is 2.38. The van der Waals surface area contributed by atoms with E-state index >= 15 is 0 Å². The third kappa shape index (κ3) is 6.85. The number of rotatable bonds is 8. The monoisotopic (exact) mass is 409 g/mol. The summed E-state index contributed by atoms with van der Waals surface area (Å²) < 4.78 is 42.2. The third-order valence-electron chi connectivity index (χ3n) is 4.09. The lowest BCUT2D eigenvalue weighted by Gasteiger charge is -2.16. The average molecular weight is 409 g/mol. The van der Waals surface area contributed by atoms with Crippen LogP contribution < -0.4 is 10.1 Å². The number of pyridine rings is 2. The lowest BCUT2D eigenvalue weighted by molar-refractivity contribution is -0.189. The van der Waals surface area contributed by atoms with E-state index in [1.165, 1.54) is 30.6 Å². The van der Waals surface area contributed by atoms with Gasteiger partial charge < -0.3 is 10.1 Å². The van der Waals surface area contributed by atoms with Gasteiger partial charge in [-0.25, -0.2) is 4.98 Å². The number of halogens is 3. The molecule has 0 bridgehead atoms. The second-order valence-electron chi connectivity index (χ2n) is 6.82. The van der Waals surface area contributed by atoms with E-state index in [-0.39, 0.29) is 36.5 Å². The molecule has 0 saturated heterocycles. The van der Waals surface area contributed by atoms with Gasteiger partial charge in [0, 0.05) is 48.6 Å². The first kappa shape index (κ1) is 22.3. The number of carbonyl (C=O) groups excluding carboxylic acids is 2. The summed E-state index contributed by atoms with van der Waals surface area (Å²) in [6.07, 6.45) is -3.49. The molecule has 0 aliphatic carbocycles. The summed E-state index contributed by atoms with van der Waals surface area (Å²) in [6.45, 7) is 4.62. The number of carbonyl (C=O) groups is 2. The molecule has 9 heteroatoms. The third-order valence-corrected chi connectivity index (χ3v) is 4.09. The molecule has 0 aromatic carbocycles. The molecular weight excluding hydrogens is 387 g/mol. The number of Topliss-reactive ketones (excluding diaryl/α,β-unsaturated/α-hetero) is 1. The van der Waals surface area contributed by atoms with E-state index in [0.29, 0.717) is 16.8 Å². The standard InChI is InChI=1S/C20H22F3N3O3/c1-12(2)17(27)9-16-8-15(6-7-24-16)19(28)26-11-14-4-5-18(25-10-14)29-13(3)20(21,22)23/h4-8,10,12-13H,9,11H2,1-3H3,(H,26,28)/t13-/m1/s1. The van der Waals surface area contributed by atoms with Crippen molar-refractivity contribution in [2.24, 2.45) is 5.92 Å². The van der Waals surface area contributed by atoms with Crippen molar-refractivity contribution in [1.82, 2.24) is 15.3 Å². The molecule has 0 unspecified atom stereocenters. The maximum absolute atomic E-state index is 12.5. The Morgan fingerprint density at radius 2 is 1.86 bits per heavy atom. The number of ether oxygens (including phenoxy) is 1. The molecule has 1 atom stereocenters. The summed E-state index contributed by atoms with van der Waals surface area (Å²) in [6, 6.07) is 5.92. The smallest absolute Gasteiger partial charge is 0.425 e. The topological polar surface area (TPSA) is 81.2 Å². The molecule has 2 rings (SSSR count). The highest BCUT2D eigenvalue weighted by molar-refractivity contribution is 5.94. The fourth-order valence-electron chi connectivity index (χ4n) is 2.22. The number of hydrogen-bond donors (Lipinski definition) is 1. The van der Waals surface area contributed by atoms with E-state index < -0.39 is 12.3 Å². The van der Waals surface area contributed by atoms with Crippen molar-refractivity contribution < 1.29 is 27.5 Å². The zero-order valence-corrected chi connectivity index (χ0v) is 16.3. The fraction of sp³-hybridized carbons (Fsp3) is 0.400. The molecule has 2 aromatic rings. The van der Waals surface area contributed by atoms with Gasteiger partial charge in [0.2, 0.25) is 5.88 Å². The molecule has 156 valence electrons. The minimum atomic E-state index is -4.47. The Hall–Kier alpha value is -2.97. The summed E-state index contributed by atoms with van der Waals surface area (Å²) in [5.41, 5.74) is 1.46. The number of nitrogens with zero attached hydrogens (tertiary/aromatic N) is 2. The minimum absolute atomic E-state index is 0.0308. The number of aromatic nitrogens is 2. The van der Waals surface area contributed by atoms with Crippen LogP contribution in [0.4, 0.5) is 13.2 Å². The van der Waals surface area contributed by atoms with Crippen molar-refractivity contribution in [3.05, 3.63) is 53.5 Å². The largest absolute Gasteiger partial charge is 0.465 e. The summed E-state index contributed by atoms with van der Waals surface area (Å²) in [5.74, 6) is -0.605. The van der Waals surface area contributed by atoms with E-state index in [2.05, 4.69) is 15.3 Å². The SMILES string of the molecule is CC(C)C(=O)Cc1cc(C(=O)NCc2ccc(O[C@H](C)C(F)(F)F)nc2)ccn1. The predicted octanol–water partition coefficient (Wildman–Crippen LogP) is 3.50. The molecule has 1 N–H and O–H groups in total. The maximum Gasteiger partial charge on any atom is 0.425 e. The second-order valence-corrected chi connectivity index (χ2v) is 6.82. The van der Waals surface area contributed by atoms with Gasteiger partial charge in [0.1, 0.15) is 5.78 Å². The van der Waals surface area contributed by atoms with E-state index in [0.717, 1.165) is 6.92 Å². The molecule has 29 heavy (non-hydrogen) atoms. The Morgan fingerprint density at radius 3 is 2.45 bits per heavy atom. The lowest BCUT2D eigenvalue weighted by atomic mass is 10.0. The van der Waals surface area contributed by atoms with E-state index in [1.807, 2.05) is 0 Å². The van der Waals surface area contributed by atoms with Gasteiger partial charge in [0.15, 0.2) is 6.10 Å². The molecule has 0 saturated carbocycles. The molecule has 2 aromatic heterocycles. The van der Waals surface area contributed by atoms with Crippen LogP contribution in [0.25, 0.3) is 0 Å². The van der Waals surface area contributed by atoms with Gasteiger partial charge in [-0.05, 0) is 24.6 Å².